The van der Waals surface area contributed by atoms with Crippen molar-refractivity contribution in [3.63, 3.8) is 0 Å². The average Bonchev–Trinajstić information content (AvgIpc) is 2.26. The van der Waals surface area contributed by atoms with Crippen LogP contribution in [-0.2, 0) is 9.53 Å². The van der Waals surface area contributed by atoms with Gasteiger partial charge in [-0.15, -0.1) is 0 Å². The van der Waals surface area contributed by atoms with Gasteiger partial charge >= 0.3 is 5.97 Å². The van der Waals surface area contributed by atoms with Gasteiger partial charge < -0.3 is 14.6 Å². The standard InChI is InChI=1S/C11H13BrO4/c1-6-4-7(9(13)11(14)16-3)5-8(12)10(6)15-2/h4-5,9,13H,1-3H3. The van der Waals surface area contributed by atoms with Crippen molar-refractivity contribution >= 4 is 21.9 Å². The highest BCUT2D eigenvalue weighted by Crippen LogP contribution is 2.32. The van der Waals surface area contributed by atoms with E-state index in [1.807, 2.05) is 6.92 Å². The SMILES string of the molecule is COC(=O)C(O)c1cc(C)c(OC)c(Br)c1. The fourth-order valence-corrected chi connectivity index (χ4v) is 2.16. The molecule has 0 aromatic heterocycles. The number of halogens is 1. The van der Waals surface area contributed by atoms with Gasteiger partial charge in [0.1, 0.15) is 5.75 Å². The number of esters is 1. The first kappa shape index (κ1) is 13.0. The Kier molecular flexibility index (Phi) is 4.32. The molecule has 88 valence electrons. The second-order valence-electron chi connectivity index (χ2n) is 3.28. The van der Waals surface area contributed by atoms with Crippen LogP contribution >= 0.6 is 15.9 Å². The van der Waals surface area contributed by atoms with Crippen molar-refractivity contribution in [3.8, 4) is 5.75 Å². The highest BCUT2D eigenvalue weighted by Gasteiger charge is 2.20. The van der Waals surface area contributed by atoms with Crippen LogP contribution < -0.4 is 4.74 Å². The summed E-state index contributed by atoms with van der Waals surface area (Å²) in [5.74, 6) is -0.00252. The van der Waals surface area contributed by atoms with Gasteiger partial charge in [0, 0.05) is 0 Å². The molecule has 0 amide bonds. The monoisotopic (exact) mass is 288 g/mol. The average molecular weight is 289 g/mol. The molecular weight excluding hydrogens is 276 g/mol. The molecule has 16 heavy (non-hydrogen) atoms. The van der Waals surface area contributed by atoms with E-state index < -0.39 is 12.1 Å². The van der Waals surface area contributed by atoms with Gasteiger partial charge in [0.2, 0.25) is 0 Å². The van der Waals surface area contributed by atoms with Crippen LogP contribution in [0.25, 0.3) is 0 Å². The molecule has 1 aromatic carbocycles. The summed E-state index contributed by atoms with van der Waals surface area (Å²) >= 11 is 3.31. The molecule has 0 heterocycles. The molecule has 1 unspecified atom stereocenters. The summed E-state index contributed by atoms with van der Waals surface area (Å²) < 4.78 is 10.3. The van der Waals surface area contributed by atoms with Crippen LogP contribution in [0.1, 0.15) is 17.2 Å². The quantitative estimate of drug-likeness (QED) is 0.864. The van der Waals surface area contributed by atoms with E-state index in [2.05, 4.69) is 20.7 Å². The number of carbonyl (C=O) groups is 1. The van der Waals surface area contributed by atoms with Crippen LogP contribution in [0.15, 0.2) is 16.6 Å². The Hall–Kier alpha value is -1.07. The van der Waals surface area contributed by atoms with Gasteiger partial charge in [-0.2, -0.15) is 0 Å². The summed E-state index contributed by atoms with van der Waals surface area (Å²) in [6.07, 6.45) is -1.27. The first-order chi connectivity index (χ1) is 7.51. The fourth-order valence-electron chi connectivity index (χ4n) is 1.42. The van der Waals surface area contributed by atoms with Crippen molar-refractivity contribution in [2.75, 3.05) is 14.2 Å². The van der Waals surface area contributed by atoms with Crippen molar-refractivity contribution < 1.29 is 19.4 Å². The topological polar surface area (TPSA) is 55.8 Å². The van der Waals surface area contributed by atoms with Crippen LogP contribution in [0.4, 0.5) is 0 Å². The molecule has 0 aliphatic rings. The third kappa shape index (κ3) is 2.54. The number of aliphatic hydroxyl groups is 1. The minimum absolute atomic E-state index is 0.469. The highest BCUT2D eigenvalue weighted by molar-refractivity contribution is 9.10. The number of benzene rings is 1. The minimum atomic E-state index is -1.27. The first-order valence-corrected chi connectivity index (χ1v) is 5.40. The highest BCUT2D eigenvalue weighted by atomic mass is 79.9. The third-order valence-electron chi connectivity index (χ3n) is 2.20. The molecule has 0 fully saturated rings. The normalized spacial score (nSPS) is 12.1. The Labute approximate surface area is 102 Å². The molecule has 0 aliphatic carbocycles. The molecule has 0 bridgehead atoms. The van der Waals surface area contributed by atoms with Crippen LogP contribution in [0.3, 0.4) is 0 Å². The van der Waals surface area contributed by atoms with Crippen LogP contribution in [0, 0.1) is 6.92 Å². The number of aliphatic hydroxyl groups excluding tert-OH is 1. The molecule has 0 radical (unpaired) electrons. The smallest absolute Gasteiger partial charge is 0.339 e. The lowest BCUT2D eigenvalue weighted by Crippen LogP contribution is -2.13. The molecule has 1 atom stereocenters. The number of methoxy groups -OCH3 is 2. The summed E-state index contributed by atoms with van der Waals surface area (Å²) in [5.41, 5.74) is 1.30. The summed E-state index contributed by atoms with van der Waals surface area (Å²) in [7, 11) is 2.79. The van der Waals surface area contributed by atoms with E-state index in [0.29, 0.717) is 15.8 Å². The summed E-state index contributed by atoms with van der Waals surface area (Å²) in [6, 6.07) is 3.32. The lowest BCUT2D eigenvalue weighted by Gasteiger charge is -2.13. The van der Waals surface area contributed by atoms with Gasteiger partial charge in [-0.3, -0.25) is 0 Å². The van der Waals surface area contributed by atoms with Crippen molar-refractivity contribution in [3.05, 3.63) is 27.7 Å². The van der Waals surface area contributed by atoms with E-state index in [1.165, 1.54) is 7.11 Å². The predicted octanol–water partition coefficient (Wildman–Crippen LogP) is 1.97. The number of rotatable bonds is 3. The zero-order valence-corrected chi connectivity index (χ0v) is 10.9. The van der Waals surface area contributed by atoms with Crippen molar-refractivity contribution in [2.45, 2.75) is 13.0 Å². The van der Waals surface area contributed by atoms with E-state index >= 15 is 0 Å². The lowest BCUT2D eigenvalue weighted by molar-refractivity contribution is -0.150. The van der Waals surface area contributed by atoms with E-state index in [0.717, 1.165) is 5.56 Å². The number of ether oxygens (including phenoxy) is 2. The molecular formula is C11H13BrO4. The molecule has 1 rings (SSSR count). The van der Waals surface area contributed by atoms with Crippen LogP contribution in [0.2, 0.25) is 0 Å². The summed E-state index contributed by atoms with van der Waals surface area (Å²) in [6.45, 7) is 1.83. The maximum absolute atomic E-state index is 11.2. The van der Waals surface area contributed by atoms with Crippen LogP contribution in [0.5, 0.6) is 5.75 Å². The maximum Gasteiger partial charge on any atom is 0.339 e. The van der Waals surface area contributed by atoms with Crippen molar-refractivity contribution in [1.82, 2.24) is 0 Å². The zero-order valence-electron chi connectivity index (χ0n) is 9.28. The number of hydrogen-bond donors (Lipinski definition) is 1. The number of aryl methyl sites for hydroxylation is 1. The van der Waals surface area contributed by atoms with Gasteiger partial charge in [-0.25, -0.2) is 4.79 Å². The maximum atomic E-state index is 11.2. The number of hydrogen-bond acceptors (Lipinski definition) is 4. The Morgan fingerprint density at radius 1 is 1.44 bits per heavy atom. The summed E-state index contributed by atoms with van der Waals surface area (Å²) in [5, 5.41) is 9.67. The Bertz CT molecular complexity index is 380. The molecule has 5 heteroatoms. The van der Waals surface area contributed by atoms with Gasteiger partial charge in [-0.05, 0) is 46.1 Å². The second-order valence-corrected chi connectivity index (χ2v) is 4.13. The first-order valence-electron chi connectivity index (χ1n) is 4.61. The molecule has 0 saturated carbocycles. The fraction of sp³-hybridized carbons (Fsp3) is 0.364. The Morgan fingerprint density at radius 2 is 2.06 bits per heavy atom. The molecule has 4 nitrogen and oxygen atoms in total. The van der Waals surface area contributed by atoms with E-state index in [1.54, 1.807) is 19.2 Å². The Balaban J connectivity index is 3.13. The molecule has 0 saturated heterocycles. The van der Waals surface area contributed by atoms with E-state index in [-0.39, 0.29) is 0 Å². The summed E-state index contributed by atoms with van der Waals surface area (Å²) in [4.78, 5) is 11.2. The van der Waals surface area contributed by atoms with Gasteiger partial charge in [-0.1, -0.05) is 0 Å². The largest absolute Gasteiger partial charge is 0.495 e. The minimum Gasteiger partial charge on any atom is -0.495 e. The van der Waals surface area contributed by atoms with Gasteiger partial charge in [0.25, 0.3) is 0 Å². The molecule has 1 aromatic rings. The third-order valence-corrected chi connectivity index (χ3v) is 2.78. The second kappa shape index (κ2) is 5.32. The van der Waals surface area contributed by atoms with Crippen LogP contribution in [-0.4, -0.2) is 25.3 Å². The lowest BCUT2D eigenvalue weighted by atomic mass is 10.1. The van der Waals surface area contributed by atoms with Gasteiger partial charge in [0.15, 0.2) is 6.10 Å². The molecule has 1 N–H and O–H groups in total. The van der Waals surface area contributed by atoms with E-state index in [9.17, 15) is 9.90 Å². The van der Waals surface area contributed by atoms with Crippen molar-refractivity contribution in [2.24, 2.45) is 0 Å². The van der Waals surface area contributed by atoms with Gasteiger partial charge in [0.05, 0.1) is 18.7 Å². The molecule has 0 spiro atoms. The molecule has 0 aliphatic heterocycles. The van der Waals surface area contributed by atoms with E-state index in [4.69, 9.17) is 4.74 Å². The Morgan fingerprint density at radius 3 is 2.50 bits per heavy atom. The number of carbonyl (C=O) groups excluding carboxylic acids is 1. The van der Waals surface area contributed by atoms with Crippen molar-refractivity contribution in [1.29, 1.82) is 0 Å². The predicted molar refractivity (Wildman–Crippen MR) is 62.4 cm³/mol. The zero-order chi connectivity index (χ0) is 12.3.